The molecule has 0 aliphatic carbocycles. The largest absolute Gasteiger partial charge is 0.365 e. The molecule has 0 saturated carbocycles. The molecule has 118 valence electrons. The van der Waals surface area contributed by atoms with E-state index >= 15 is 0 Å². The maximum absolute atomic E-state index is 13.2. The number of nitrogens with zero attached hydrogens (tertiary/aromatic N) is 1. The Kier molecular flexibility index (Phi) is 5.76. The summed E-state index contributed by atoms with van der Waals surface area (Å²) < 4.78 is 24.1. The van der Waals surface area contributed by atoms with Crippen LogP contribution in [0.15, 0.2) is 36.4 Å². The summed E-state index contributed by atoms with van der Waals surface area (Å²) in [6.45, 7) is 5.90. The Morgan fingerprint density at radius 3 is 2.27 bits per heavy atom. The van der Waals surface area contributed by atoms with Crippen LogP contribution in [0.2, 0.25) is 5.02 Å². The van der Waals surface area contributed by atoms with Crippen molar-refractivity contribution in [1.29, 1.82) is 0 Å². The molecule has 2 aromatic rings. The monoisotopic (exact) mass is 339 g/mol. The third-order valence-electron chi connectivity index (χ3n) is 2.99. The first-order valence-electron chi connectivity index (χ1n) is 7.14. The highest BCUT2D eigenvalue weighted by molar-refractivity contribution is 7.62. The predicted octanol–water partition coefficient (Wildman–Crippen LogP) is 4.60. The topological polar surface area (TPSA) is 48.4 Å². The average molecular weight is 340 g/mol. The highest BCUT2D eigenvalue weighted by Crippen LogP contribution is 2.50. The number of halogens is 1. The van der Waals surface area contributed by atoms with Crippen molar-refractivity contribution in [3.8, 4) is 11.3 Å². The van der Waals surface area contributed by atoms with Gasteiger partial charge >= 0.3 is 7.60 Å². The molecule has 1 aromatic carbocycles. The van der Waals surface area contributed by atoms with Crippen LogP contribution in [0.4, 0.5) is 0 Å². The maximum Gasteiger partial charge on any atom is 0.365 e. The Morgan fingerprint density at radius 1 is 1.14 bits per heavy atom. The van der Waals surface area contributed by atoms with Crippen molar-refractivity contribution < 1.29 is 13.6 Å². The lowest BCUT2D eigenvalue weighted by Gasteiger charge is -2.21. The number of aromatic nitrogens is 1. The van der Waals surface area contributed by atoms with Crippen LogP contribution in [-0.2, 0) is 13.6 Å². The van der Waals surface area contributed by atoms with Gasteiger partial charge in [0.05, 0.1) is 23.9 Å². The van der Waals surface area contributed by atoms with Gasteiger partial charge in [-0.1, -0.05) is 41.9 Å². The van der Waals surface area contributed by atoms with E-state index in [-0.39, 0.29) is 13.2 Å². The van der Waals surface area contributed by atoms with Crippen LogP contribution in [0.1, 0.15) is 19.5 Å². The molecule has 0 saturated heterocycles. The molecule has 1 heterocycles. The van der Waals surface area contributed by atoms with Crippen LogP contribution < -0.4 is 5.30 Å². The molecule has 1 aromatic heterocycles. The minimum Gasteiger partial charge on any atom is -0.305 e. The van der Waals surface area contributed by atoms with E-state index in [0.717, 1.165) is 11.3 Å². The Labute approximate surface area is 136 Å². The van der Waals surface area contributed by atoms with Crippen molar-refractivity contribution in [2.75, 3.05) is 13.2 Å². The summed E-state index contributed by atoms with van der Waals surface area (Å²) in [5.74, 6) is 0. The van der Waals surface area contributed by atoms with Gasteiger partial charge in [0.25, 0.3) is 0 Å². The molecule has 2 rings (SSSR count). The van der Waals surface area contributed by atoms with Gasteiger partial charge in [-0.15, -0.1) is 0 Å². The Morgan fingerprint density at radius 2 is 1.73 bits per heavy atom. The fourth-order valence-corrected chi connectivity index (χ4v) is 4.53. The van der Waals surface area contributed by atoms with Gasteiger partial charge in [0.2, 0.25) is 0 Å². The zero-order valence-electron chi connectivity index (χ0n) is 12.9. The van der Waals surface area contributed by atoms with E-state index in [9.17, 15) is 4.57 Å². The minimum absolute atomic E-state index is 0.260. The van der Waals surface area contributed by atoms with Gasteiger partial charge in [0.15, 0.2) is 0 Å². The SMILES string of the molecule is CCOP(=O)(OCC)c1c(Cl)cc(C)nc1-c1ccccc1. The third-order valence-corrected chi connectivity index (χ3v) is 5.62. The van der Waals surface area contributed by atoms with Gasteiger partial charge in [0.1, 0.15) is 5.30 Å². The van der Waals surface area contributed by atoms with Gasteiger partial charge in [-0.2, -0.15) is 0 Å². The molecule has 4 nitrogen and oxygen atoms in total. The van der Waals surface area contributed by atoms with E-state index < -0.39 is 7.60 Å². The molecule has 22 heavy (non-hydrogen) atoms. The maximum atomic E-state index is 13.2. The van der Waals surface area contributed by atoms with Crippen molar-refractivity contribution in [1.82, 2.24) is 4.98 Å². The summed E-state index contributed by atoms with van der Waals surface area (Å²) in [5, 5.41) is 0.672. The molecule has 0 N–H and O–H groups in total. The highest BCUT2D eigenvalue weighted by atomic mass is 35.5. The van der Waals surface area contributed by atoms with Crippen LogP contribution in [-0.4, -0.2) is 18.2 Å². The minimum atomic E-state index is -3.53. The fourth-order valence-electron chi connectivity index (χ4n) is 2.19. The zero-order valence-corrected chi connectivity index (χ0v) is 14.5. The first kappa shape index (κ1) is 17.2. The quantitative estimate of drug-likeness (QED) is 0.721. The van der Waals surface area contributed by atoms with Crippen molar-refractivity contribution in [3.63, 3.8) is 0 Å². The van der Waals surface area contributed by atoms with Crippen molar-refractivity contribution >= 4 is 24.5 Å². The summed E-state index contributed by atoms with van der Waals surface area (Å²) in [6, 6.07) is 11.2. The molecule has 0 bridgehead atoms. The number of rotatable bonds is 6. The summed E-state index contributed by atoms with van der Waals surface area (Å²) in [4.78, 5) is 4.52. The second-order valence-corrected chi connectivity index (χ2v) is 7.01. The molecule has 0 unspecified atom stereocenters. The molecule has 0 atom stereocenters. The summed E-state index contributed by atoms with van der Waals surface area (Å²) >= 11 is 6.37. The number of pyridine rings is 1. The van der Waals surface area contributed by atoms with Crippen LogP contribution in [0.3, 0.4) is 0 Å². The Balaban J connectivity index is 2.71. The first-order valence-corrected chi connectivity index (χ1v) is 9.06. The van der Waals surface area contributed by atoms with Crippen molar-refractivity contribution in [3.05, 3.63) is 47.1 Å². The number of aryl methyl sites for hydroxylation is 1. The Hall–Kier alpha value is -1.19. The summed E-state index contributed by atoms with van der Waals surface area (Å²) in [6.07, 6.45) is 0. The highest BCUT2D eigenvalue weighted by Gasteiger charge is 2.34. The van der Waals surface area contributed by atoms with E-state index in [1.807, 2.05) is 37.3 Å². The van der Waals surface area contributed by atoms with Crippen molar-refractivity contribution in [2.24, 2.45) is 0 Å². The molecule has 6 heteroatoms. The number of benzene rings is 1. The molecule has 0 fully saturated rings. The summed E-state index contributed by atoms with van der Waals surface area (Å²) in [7, 11) is -3.53. The molecule has 0 aliphatic rings. The van der Waals surface area contributed by atoms with Crippen LogP contribution in [0.5, 0.6) is 0 Å². The van der Waals surface area contributed by atoms with Crippen LogP contribution >= 0.6 is 19.2 Å². The lowest BCUT2D eigenvalue weighted by Crippen LogP contribution is -2.17. The molecular weight excluding hydrogens is 321 g/mol. The molecular formula is C16H19ClNO3P. The van der Waals surface area contributed by atoms with Crippen LogP contribution in [0.25, 0.3) is 11.3 Å². The lowest BCUT2D eigenvalue weighted by molar-refractivity contribution is 0.230. The normalized spacial score (nSPS) is 11.6. The Bertz CT molecular complexity index is 681. The van der Waals surface area contributed by atoms with Gasteiger partial charge in [-0.25, -0.2) is 0 Å². The molecule has 0 radical (unpaired) electrons. The van der Waals surface area contributed by atoms with E-state index in [4.69, 9.17) is 20.6 Å². The van der Waals surface area contributed by atoms with Gasteiger partial charge < -0.3 is 9.05 Å². The van der Waals surface area contributed by atoms with Crippen molar-refractivity contribution in [2.45, 2.75) is 20.8 Å². The smallest absolute Gasteiger partial charge is 0.305 e. The van der Waals surface area contributed by atoms with Gasteiger partial charge in [-0.3, -0.25) is 9.55 Å². The molecule has 0 amide bonds. The second-order valence-electron chi connectivity index (χ2n) is 4.64. The van der Waals surface area contributed by atoms with Gasteiger partial charge in [0, 0.05) is 11.3 Å². The fraction of sp³-hybridized carbons (Fsp3) is 0.312. The second kappa shape index (κ2) is 7.38. The third kappa shape index (κ3) is 3.58. The van der Waals surface area contributed by atoms with Crippen LogP contribution in [0, 0.1) is 6.92 Å². The summed E-state index contributed by atoms with van der Waals surface area (Å²) in [5.41, 5.74) is 2.10. The van der Waals surface area contributed by atoms with E-state index in [1.54, 1.807) is 19.9 Å². The van der Waals surface area contributed by atoms with E-state index in [2.05, 4.69) is 4.98 Å². The van der Waals surface area contributed by atoms with E-state index in [1.165, 1.54) is 0 Å². The molecule has 0 spiro atoms. The predicted molar refractivity (Wildman–Crippen MR) is 89.9 cm³/mol. The van der Waals surface area contributed by atoms with Gasteiger partial charge in [-0.05, 0) is 26.8 Å². The standard InChI is InChI=1S/C16H19ClNO3P/c1-4-20-22(19,21-5-2)16-14(17)11-12(3)18-15(16)13-9-7-6-8-10-13/h6-11H,4-5H2,1-3H3. The van der Waals surface area contributed by atoms with E-state index in [0.29, 0.717) is 16.0 Å². The first-order chi connectivity index (χ1) is 10.5. The number of hydrogen-bond donors (Lipinski definition) is 0. The number of hydrogen-bond acceptors (Lipinski definition) is 4. The zero-order chi connectivity index (χ0) is 16.2. The average Bonchev–Trinajstić information content (AvgIpc) is 2.47. The molecule has 0 aliphatic heterocycles. The lowest BCUT2D eigenvalue weighted by atomic mass is 10.1.